The van der Waals surface area contributed by atoms with Crippen LogP contribution in [0.3, 0.4) is 0 Å². The molecule has 1 atom stereocenters. The lowest BCUT2D eigenvalue weighted by molar-refractivity contribution is -0.129. The molecule has 9 nitrogen and oxygen atoms in total. The minimum Gasteiger partial charge on any atom is -0.369 e. The molecule has 4 rings (SSSR count). The SMILES string of the molecule is CN1C(=O)C(c2cccc(CN(C)S(=O)(=O)O)c2)(c2ccc(F)c(-c3cccnc3)c2)N=C1N. The monoisotopic (exact) mass is 483 g/mol. The van der Waals surface area contributed by atoms with Gasteiger partial charge in [-0.15, -0.1) is 0 Å². The number of halogens is 1. The molecule has 1 aliphatic rings. The Kier molecular flexibility index (Phi) is 5.94. The molecule has 0 aliphatic carbocycles. The summed E-state index contributed by atoms with van der Waals surface area (Å²) in [4.78, 5) is 23.3. The average molecular weight is 484 g/mol. The van der Waals surface area contributed by atoms with Gasteiger partial charge in [-0.05, 0) is 34.9 Å². The van der Waals surface area contributed by atoms with E-state index in [2.05, 4.69) is 9.98 Å². The fourth-order valence-electron chi connectivity index (χ4n) is 3.91. The third kappa shape index (κ3) is 4.04. The predicted molar refractivity (Wildman–Crippen MR) is 124 cm³/mol. The van der Waals surface area contributed by atoms with Crippen LogP contribution in [0.1, 0.15) is 16.7 Å². The molecule has 3 N–H and O–H groups in total. The van der Waals surface area contributed by atoms with Crippen molar-refractivity contribution < 1.29 is 22.2 Å². The van der Waals surface area contributed by atoms with Crippen molar-refractivity contribution in [2.24, 2.45) is 10.7 Å². The first-order valence-electron chi connectivity index (χ1n) is 10.2. The zero-order chi connectivity index (χ0) is 24.7. The smallest absolute Gasteiger partial charge is 0.335 e. The van der Waals surface area contributed by atoms with Crippen LogP contribution in [0.15, 0.2) is 72.0 Å². The second-order valence-corrected chi connectivity index (χ2v) is 9.43. The van der Waals surface area contributed by atoms with Gasteiger partial charge < -0.3 is 5.73 Å². The molecule has 1 aromatic heterocycles. The summed E-state index contributed by atoms with van der Waals surface area (Å²) in [7, 11) is -1.69. The van der Waals surface area contributed by atoms with Crippen LogP contribution in [0, 0.1) is 5.82 Å². The molecule has 2 aromatic carbocycles. The van der Waals surface area contributed by atoms with Gasteiger partial charge in [0.15, 0.2) is 11.5 Å². The molecule has 34 heavy (non-hydrogen) atoms. The summed E-state index contributed by atoms with van der Waals surface area (Å²) >= 11 is 0. The number of carbonyl (C=O) groups excluding carboxylic acids is 1. The van der Waals surface area contributed by atoms with Gasteiger partial charge >= 0.3 is 10.3 Å². The molecule has 176 valence electrons. The number of likely N-dealkylation sites (N-methyl/N-ethyl adjacent to an activating group) is 1. The van der Waals surface area contributed by atoms with Crippen molar-refractivity contribution in [2.45, 2.75) is 12.1 Å². The highest BCUT2D eigenvalue weighted by Crippen LogP contribution is 2.41. The molecular formula is C23H22FN5O4S. The van der Waals surface area contributed by atoms with E-state index in [1.165, 1.54) is 43.4 Å². The molecule has 0 spiro atoms. The number of pyridine rings is 1. The van der Waals surface area contributed by atoms with E-state index in [1.807, 2.05) is 0 Å². The van der Waals surface area contributed by atoms with Crippen molar-refractivity contribution in [3.05, 3.63) is 89.5 Å². The fourth-order valence-corrected chi connectivity index (χ4v) is 4.22. The quantitative estimate of drug-likeness (QED) is 0.517. The number of hydrogen-bond donors (Lipinski definition) is 2. The number of nitrogens with zero attached hydrogens (tertiary/aromatic N) is 4. The lowest BCUT2D eigenvalue weighted by Gasteiger charge is -2.27. The molecule has 1 amide bonds. The van der Waals surface area contributed by atoms with Gasteiger partial charge in [-0.1, -0.05) is 36.4 Å². The van der Waals surface area contributed by atoms with Gasteiger partial charge in [0, 0.05) is 44.2 Å². The van der Waals surface area contributed by atoms with Crippen molar-refractivity contribution >= 4 is 22.2 Å². The first-order chi connectivity index (χ1) is 16.0. The van der Waals surface area contributed by atoms with Crippen LogP contribution in [0.5, 0.6) is 0 Å². The molecule has 0 saturated heterocycles. The van der Waals surface area contributed by atoms with E-state index < -0.39 is 27.6 Å². The third-order valence-electron chi connectivity index (χ3n) is 5.74. The van der Waals surface area contributed by atoms with E-state index in [1.54, 1.807) is 42.6 Å². The van der Waals surface area contributed by atoms with Crippen LogP contribution < -0.4 is 5.73 Å². The first-order valence-corrected chi connectivity index (χ1v) is 11.6. The maximum absolute atomic E-state index is 14.8. The summed E-state index contributed by atoms with van der Waals surface area (Å²) in [5, 5.41) is 0. The fraction of sp³-hybridized carbons (Fsp3) is 0.174. The summed E-state index contributed by atoms with van der Waals surface area (Å²) in [6.07, 6.45) is 3.09. The number of aliphatic imine (C=N–C) groups is 1. The molecule has 1 aliphatic heterocycles. The van der Waals surface area contributed by atoms with Crippen LogP contribution in [0.2, 0.25) is 0 Å². The van der Waals surface area contributed by atoms with Gasteiger partial charge in [-0.2, -0.15) is 12.7 Å². The van der Waals surface area contributed by atoms with Crippen LogP contribution >= 0.6 is 0 Å². The van der Waals surface area contributed by atoms with Crippen LogP contribution in [-0.4, -0.2) is 53.1 Å². The summed E-state index contributed by atoms with van der Waals surface area (Å²) in [5.74, 6) is -0.960. The second kappa shape index (κ2) is 8.60. The number of amides is 1. The van der Waals surface area contributed by atoms with Crippen LogP contribution in [0.25, 0.3) is 11.1 Å². The van der Waals surface area contributed by atoms with Crippen molar-refractivity contribution in [3.63, 3.8) is 0 Å². The maximum Gasteiger partial charge on any atom is 0.335 e. The van der Waals surface area contributed by atoms with Gasteiger partial charge in [0.2, 0.25) is 0 Å². The summed E-state index contributed by atoms with van der Waals surface area (Å²) in [6.45, 7) is -0.143. The highest BCUT2D eigenvalue weighted by Gasteiger charge is 2.49. The largest absolute Gasteiger partial charge is 0.369 e. The number of hydrogen-bond acceptors (Lipinski definition) is 6. The van der Waals surface area contributed by atoms with Crippen LogP contribution in [-0.2, 0) is 27.2 Å². The zero-order valence-electron chi connectivity index (χ0n) is 18.4. The highest BCUT2D eigenvalue weighted by molar-refractivity contribution is 7.83. The number of benzene rings is 2. The predicted octanol–water partition coefficient (Wildman–Crippen LogP) is 2.15. The summed E-state index contributed by atoms with van der Waals surface area (Å²) in [6, 6.07) is 14.2. The number of aromatic nitrogens is 1. The lowest BCUT2D eigenvalue weighted by atomic mass is 9.81. The molecule has 0 bridgehead atoms. The van der Waals surface area contributed by atoms with E-state index in [9.17, 15) is 22.2 Å². The van der Waals surface area contributed by atoms with Gasteiger partial charge in [0.25, 0.3) is 5.91 Å². The van der Waals surface area contributed by atoms with Crippen molar-refractivity contribution in [1.29, 1.82) is 0 Å². The van der Waals surface area contributed by atoms with E-state index >= 15 is 0 Å². The molecule has 3 aromatic rings. The number of carbonyl (C=O) groups is 1. The number of nitrogens with two attached hydrogens (primary N) is 1. The van der Waals surface area contributed by atoms with Gasteiger partial charge in [0.1, 0.15) is 5.82 Å². The Balaban J connectivity index is 1.90. The normalized spacial score (nSPS) is 18.4. The molecule has 2 heterocycles. The summed E-state index contributed by atoms with van der Waals surface area (Å²) in [5.41, 5.74) is 6.47. The Bertz CT molecular complexity index is 1400. The highest BCUT2D eigenvalue weighted by atomic mass is 32.2. The molecule has 1 unspecified atom stereocenters. The minimum absolute atomic E-state index is 0.0160. The Morgan fingerprint density at radius 2 is 1.88 bits per heavy atom. The van der Waals surface area contributed by atoms with Crippen molar-refractivity contribution in [3.8, 4) is 11.1 Å². The Morgan fingerprint density at radius 1 is 1.15 bits per heavy atom. The third-order valence-corrected chi connectivity index (χ3v) is 6.66. The van der Waals surface area contributed by atoms with Gasteiger partial charge in [-0.25, -0.2) is 9.38 Å². The van der Waals surface area contributed by atoms with E-state index in [0.717, 1.165) is 4.31 Å². The van der Waals surface area contributed by atoms with Crippen molar-refractivity contribution in [2.75, 3.05) is 14.1 Å². The van der Waals surface area contributed by atoms with E-state index in [4.69, 9.17) is 5.73 Å². The lowest BCUT2D eigenvalue weighted by Crippen LogP contribution is -2.41. The number of rotatable bonds is 6. The standard InChI is InChI=1S/C23H22FN5O4S/c1-28(34(31,32)33)14-15-5-3-7-17(11-15)23(21(30)29(2)22(25)27-23)18-8-9-20(24)19(12-18)16-6-4-10-26-13-16/h3-13H,14H2,1-2H3,(H2,25,27)(H,31,32,33). The molecule has 0 fully saturated rings. The maximum atomic E-state index is 14.8. The summed E-state index contributed by atoms with van der Waals surface area (Å²) < 4.78 is 47.7. The van der Waals surface area contributed by atoms with Crippen molar-refractivity contribution in [1.82, 2.24) is 14.2 Å². The topological polar surface area (TPSA) is 129 Å². The van der Waals surface area contributed by atoms with Crippen LogP contribution in [0.4, 0.5) is 4.39 Å². The van der Waals surface area contributed by atoms with E-state index in [0.29, 0.717) is 22.3 Å². The second-order valence-electron chi connectivity index (χ2n) is 7.92. The zero-order valence-corrected chi connectivity index (χ0v) is 19.2. The molecule has 11 heteroatoms. The van der Waals surface area contributed by atoms with Gasteiger partial charge in [-0.3, -0.25) is 19.2 Å². The Labute approximate surface area is 196 Å². The molecular weight excluding hydrogens is 461 g/mol. The number of guanidine groups is 1. The van der Waals surface area contributed by atoms with E-state index in [-0.39, 0.29) is 18.1 Å². The average Bonchev–Trinajstić information content (AvgIpc) is 3.04. The Morgan fingerprint density at radius 3 is 2.50 bits per heavy atom. The van der Waals surface area contributed by atoms with Gasteiger partial charge in [0.05, 0.1) is 0 Å². The Hall–Kier alpha value is -3.67. The molecule has 0 saturated carbocycles. The molecule has 0 radical (unpaired) electrons. The first kappa shape index (κ1) is 23.5. The minimum atomic E-state index is -4.41.